The van der Waals surface area contributed by atoms with E-state index in [1.165, 1.54) is 34.8 Å². The maximum absolute atomic E-state index is 12.0. The molecule has 0 saturated carbocycles. The number of nitrogens with two attached hydrogens (primary N) is 1. The molecule has 0 radical (unpaired) electrons. The highest BCUT2D eigenvalue weighted by molar-refractivity contribution is 7.11. The number of nitrogens with one attached hydrogen (secondary N) is 1. The standard InChI is InChI=1S/C17H21N3OS.ClH/c18-13-6-3-5-12(11-13)17(21)19-10-4-9-16-20-14-7-1-2-8-15(14)22-16;/h3,5-6,11H,1-2,4,7-10,18H2,(H,19,21);1H. The van der Waals surface area contributed by atoms with Crippen LogP contribution in [0.25, 0.3) is 0 Å². The van der Waals surface area contributed by atoms with E-state index >= 15 is 0 Å². The van der Waals surface area contributed by atoms with Gasteiger partial charge in [0.25, 0.3) is 5.91 Å². The molecule has 0 unspecified atom stereocenters. The van der Waals surface area contributed by atoms with E-state index in [-0.39, 0.29) is 18.3 Å². The fourth-order valence-corrected chi connectivity index (χ4v) is 3.93. The van der Waals surface area contributed by atoms with Crippen molar-refractivity contribution in [3.63, 3.8) is 0 Å². The third-order valence-electron chi connectivity index (χ3n) is 3.89. The van der Waals surface area contributed by atoms with Crippen molar-refractivity contribution in [1.82, 2.24) is 10.3 Å². The molecule has 3 rings (SSSR count). The summed E-state index contributed by atoms with van der Waals surface area (Å²) in [5.41, 5.74) is 8.23. The van der Waals surface area contributed by atoms with Gasteiger partial charge >= 0.3 is 0 Å². The minimum Gasteiger partial charge on any atom is -0.399 e. The number of benzene rings is 1. The smallest absolute Gasteiger partial charge is 0.251 e. The molecular formula is C17H22ClN3OS. The van der Waals surface area contributed by atoms with Gasteiger partial charge in [-0.25, -0.2) is 4.98 Å². The highest BCUT2D eigenvalue weighted by Gasteiger charge is 2.14. The summed E-state index contributed by atoms with van der Waals surface area (Å²) in [5, 5.41) is 4.15. The van der Waals surface area contributed by atoms with Gasteiger partial charge in [-0.1, -0.05) is 6.07 Å². The number of hydrogen-bond acceptors (Lipinski definition) is 4. The predicted octanol–water partition coefficient (Wildman–Crippen LogP) is 3.39. The Morgan fingerprint density at radius 2 is 2.13 bits per heavy atom. The molecule has 1 aliphatic rings. The number of fused-ring (bicyclic) bond motifs is 1. The molecule has 6 heteroatoms. The normalized spacial score (nSPS) is 13.0. The molecule has 23 heavy (non-hydrogen) atoms. The lowest BCUT2D eigenvalue weighted by molar-refractivity contribution is 0.0953. The monoisotopic (exact) mass is 351 g/mol. The lowest BCUT2D eigenvalue weighted by Gasteiger charge is -2.06. The molecule has 1 aromatic heterocycles. The van der Waals surface area contributed by atoms with Crippen LogP contribution < -0.4 is 11.1 Å². The summed E-state index contributed by atoms with van der Waals surface area (Å²) in [5.74, 6) is -0.0641. The number of aromatic nitrogens is 1. The van der Waals surface area contributed by atoms with Crippen molar-refractivity contribution in [2.45, 2.75) is 38.5 Å². The van der Waals surface area contributed by atoms with E-state index in [0.29, 0.717) is 17.8 Å². The Balaban J connectivity index is 0.00000192. The number of amides is 1. The van der Waals surface area contributed by atoms with Crippen molar-refractivity contribution in [3.05, 3.63) is 45.4 Å². The Kier molecular flexibility index (Phi) is 6.42. The Hall–Kier alpha value is -1.59. The molecule has 4 nitrogen and oxygen atoms in total. The number of carbonyl (C=O) groups is 1. The zero-order chi connectivity index (χ0) is 15.4. The average Bonchev–Trinajstić information content (AvgIpc) is 2.94. The van der Waals surface area contributed by atoms with Gasteiger partial charge in [0.15, 0.2) is 0 Å². The molecule has 0 aliphatic heterocycles. The van der Waals surface area contributed by atoms with Crippen LogP contribution in [0.5, 0.6) is 0 Å². The summed E-state index contributed by atoms with van der Waals surface area (Å²) in [6, 6.07) is 7.05. The second-order valence-electron chi connectivity index (χ2n) is 5.67. The first-order valence-corrected chi connectivity index (χ1v) is 8.65. The second kappa shape index (κ2) is 8.31. The molecule has 1 aliphatic carbocycles. The number of halogens is 1. The molecule has 0 atom stereocenters. The third kappa shape index (κ3) is 4.69. The van der Waals surface area contributed by atoms with Crippen LogP contribution in [-0.4, -0.2) is 17.4 Å². The maximum atomic E-state index is 12.0. The number of anilines is 1. The SMILES string of the molecule is Cl.Nc1cccc(C(=O)NCCCc2nc3c(s2)CCCC3)c1. The number of nitrogen functional groups attached to an aromatic ring is 1. The van der Waals surface area contributed by atoms with Crippen molar-refractivity contribution in [2.75, 3.05) is 12.3 Å². The van der Waals surface area contributed by atoms with Crippen molar-refractivity contribution in [1.29, 1.82) is 0 Å². The van der Waals surface area contributed by atoms with Gasteiger partial charge in [0.1, 0.15) is 0 Å². The molecule has 1 heterocycles. The van der Waals surface area contributed by atoms with E-state index < -0.39 is 0 Å². The van der Waals surface area contributed by atoms with Gasteiger partial charge in [0.2, 0.25) is 0 Å². The highest BCUT2D eigenvalue weighted by atomic mass is 35.5. The van der Waals surface area contributed by atoms with Gasteiger partial charge in [-0.05, 0) is 50.3 Å². The summed E-state index contributed by atoms with van der Waals surface area (Å²) in [6.45, 7) is 0.665. The van der Waals surface area contributed by atoms with Crippen LogP contribution in [0, 0.1) is 0 Å². The topological polar surface area (TPSA) is 68.0 Å². The van der Waals surface area contributed by atoms with E-state index in [0.717, 1.165) is 19.3 Å². The van der Waals surface area contributed by atoms with Gasteiger partial charge in [-0.15, -0.1) is 23.7 Å². The van der Waals surface area contributed by atoms with Crippen LogP contribution in [0.4, 0.5) is 5.69 Å². The van der Waals surface area contributed by atoms with Gasteiger partial charge in [0, 0.05) is 29.1 Å². The Labute approximate surface area is 146 Å². The Morgan fingerprint density at radius 1 is 1.30 bits per heavy atom. The Bertz CT molecular complexity index is 648. The third-order valence-corrected chi connectivity index (χ3v) is 5.11. The largest absolute Gasteiger partial charge is 0.399 e. The zero-order valence-corrected chi connectivity index (χ0v) is 14.6. The van der Waals surface area contributed by atoms with Crippen molar-refractivity contribution >= 4 is 35.3 Å². The fraction of sp³-hybridized carbons (Fsp3) is 0.412. The van der Waals surface area contributed by atoms with Crippen molar-refractivity contribution < 1.29 is 4.79 Å². The summed E-state index contributed by atoms with van der Waals surface area (Å²) in [7, 11) is 0. The van der Waals surface area contributed by atoms with E-state index in [1.54, 1.807) is 24.3 Å². The number of nitrogens with zero attached hydrogens (tertiary/aromatic N) is 1. The molecule has 1 aromatic carbocycles. The Morgan fingerprint density at radius 3 is 2.91 bits per heavy atom. The first kappa shape index (κ1) is 17.8. The molecule has 0 bridgehead atoms. The van der Waals surface area contributed by atoms with Crippen LogP contribution >= 0.6 is 23.7 Å². The number of rotatable bonds is 5. The number of thiazole rings is 1. The van der Waals surface area contributed by atoms with Crippen LogP contribution in [0.15, 0.2) is 24.3 Å². The van der Waals surface area contributed by atoms with Crippen LogP contribution in [0.1, 0.15) is 45.2 Å². The second-order valence-corrected chi connectivity index (χ2v) is 6.84. The fourth-order valence-electron chi connectivity index (χ4n) is 2.74. The summed E-state index contributed by atoms with van der Waals surface area (Å²) >= 11 is 1.85. The molecule has 1 amide bonds. The van der Waals surface area contributed by atoms with Gasteiger partial charge in [-0.2, -0.15) is 0 Å². The molecule has 3 N–H and O–H groups in total. The van der Waals surface area contributed by atoms with Gasteiger partial charge in [0.05, 0.1) is 10.7 Å². The van der Waals surface area contributed by atoms with E-state index in [4.69, 9.17) is 10.7 Å². The van der Waals surface area contributed by atoms with E-state index in [1.807, 2.05) is 11.3 Å². The van der Waals surface area contributed by atoms with Crippen molar-refractivity contribution in [2.24, 2.45) is 0 Å². The zero-order valence-electron chi connectivity index (χ0n) is 13.0. The average molecular weight is 352 g/mol. The van der Waals surface area contributed by atoms with Crippen LogP contribution in [-0.2, 0) is 19.3 Å². The molecular weight excluding hydrogens is 330 g/mol. The maximum Gasteiger partial charge on any atom is 0.251 e. The van der Waals surface area contributed by atoms with E-state index in [9.17, 15) is 4.79 Å². The number of hydrogen-bond donors (Lipinski definition) is 2. The summed E-state index contributed by atoms with van der Waals surface area (Å²) in [6.07, 6.45) is 6.75. The first-order chi connectivity index (χ1) is 10.7. The number of carbonyl (C=O) groups excluding carboxylic acids is 1. The van der Waals surface area contributed by atoms with Gasteiger partial charge < -0.3 is 11.1 Å². The van der Waals surface area contributed by atoms with Crippen LogP contribution in [0.2, 0.25) is 0 Å². The predicted molar refractivity (Wildman–Crippen MR) is 97.5 cm³/mol. The molecule has 124 valence electrons. The first-order valence-electron chi connectivity index (χ1n) is 7.83. The summed E-state index contributed by atoms with van der Waals surface area (Å²) in [4.78, 5) is 18.2. The lowest BCUT2D eigenvalue weighted by atomic mass is 10.0. The number of aryl methyl sites for hydroxylation is 3. The molecule has 2 aromatic rings. The highest BCUT2D eigenvalue weighted by Crippen LogP contribution is 2.27. The van der Waals surface area contributed by atoms with Gasteiger partial charge in [-0.3, -0.25) is 4.79 Å². The summed E-state index contributed by atoms with van der Waals surface area (Å²) < 4.78 is 0. The molecule has 0 spiro atoms. The van der Waals surface area contributed by atoms with Crippen LogP contribution in [0.3, 0.4) is 0 Å². The quantitative estimate of drug-likeness (QED) is 0.641. The lowest BCUT2D eigenvalue weighted by Crippen LogP contribution is -2.24. The van der Waals surface area contributed by atoms with E-state index in [2.05, 4.69) is 5.32 Å². The molecule has 0 saturated heterocycles. The van der Waals surface area contributed by atoms with Crippen molar-refractivity contribution in [3.8, 4) is 0 Å². The minimum atomic E-state index is -0.0641. The minimum absolute atomic E-state index is 0. The molecule has 0 fully saturated rings.